The van der Waals surface area contributed by atoms with E-state index in [-0.39, 0.29) is 28.3 Å². The Morgan fingerprint density at radius 2 is 1.87 bits per heavy atom. The fourth-order valence-corrected chi connectivity index (χ4v) is 3.16. The lowest BCUT2D eigenvalue weighted by Gasteiger charge is -2.07. The maximum Gasteiger partial charge on any atom is 0.336 e. The fraction of sp³-hybridized carbons (Fsp3) is 0. The standard InChI is InChI=1S/C22H12BrNO7/c23-18-10-9-17(29-18)21-22(20(26)15-6-1-2-7-16(15)30-21)31-19(25)11-8-13-4-3-5-14(12-13)24(27)28/h1-12H/b11-8+. The zero-order valence-corrected chi connectivity index (χ0v) is 17.2. The molecule has 0 aliphatic rings. The molecular formula is C22H12BrNO7. The highest BCUT2D eigenvalue weighted by Crippen LogP contribution is 2.33. The van der Waals surface area contributed by atoms with Gasteiger partial charge in [-0.1, -0.05) is 24.3 Å². The Morgan fingerprint density at radius 1 is 1.06 bits per heavy atom. The fourth-order valence-electron chi connectivity index (χ4n) is 2.86. The number of carbonyl (C=O) groups is 1. The molecule has 0 radical (unpaired) electrons. The second-order valence-electron chi connectivity index (χ2n) is 6.30. The van der Waals surface area contributed by atoms with Gasteiger partial charge >= 0.3 is 5.97 Å². The molecule has 0 atom stereocenters. The first-order valence-electron chi connectivity index (χ1n) is 8.88. The van der Waals surface area contributed by atoms with Crippen molar-refractivity contribution >= 4 is 44.6 Å². The summed E-state index contributed by atoms with van der Waals surface area (Å²) in [5, 5.41) is 11.1. The highest BCUT2D eigenvalue weighted by atomic mass is 79.9. The Bertz CT molecular complexity index is 1400. The molecule has 0 N–H and O–H groups in total. The number of nitrogens with zero attached hydrogens (tertiary/aromatic N) is 1. The monoisotopic (exact) mass is 481 g/mol. The molecule has 0 amide bonds. The van der Waals surface area contributed by atoms with E-state index >= 15 is 0 Å². The largest absolute Gasteiger partial charge is 0.449 e. The van der Waals surface area contributed by atoms with E-state index in [0.717, 1.165) is 6.08 Å². The molecule has 0 bridgehead atoms. The number of para-hydroxylation sites is 1. The van der Waals surface area contributed by atoms with Gasteiger partial charge in [0, 0.05) is 18.2 Å². The molecule has 2 heterocycles. The number of hydrogen-bond acceptors (Lipinski definition) is 7. The summed E-state index contributed by atoms with van der Waals surface area (Å²) in [5.74, 6) is -1.03. The Balaban J connectivity index is 1.71. The molecule has 0 aliphatic heterocycles. The van der Waals surface area contributed by atoms with Crippen LogP contribution >= 0.6 is 15.9 Å². The van der Waals surface area contributed by atoms with E-state index in [9.17, 15) is 19.7 Å². The van der Waals surface area contributed by atoms with Gasteiger partial charge in [-0.2, -0.15) is 0 Å². The zero-order valence-electron chi connectivity index (χ0n) is 15.6. The van der Waals surface area contributed by atoms with Crippen LogP contribution in [0, 0.1) is 10.1 Å². The van der Waals surface area contributed by atoms with Gasteiger partial charge in [0.1, 0.15) is 5.58 Å². The molecule has 31 heavy (non-hydrogen) atoms. The molecule has 0 saturated carbocycles. The van der Waals surface area contributed by atoms with Crippen LogP contribution in [-0.4, -0.2) is 10.9 Å². The summed E-state index contributed by atoms with van der Waals surface area (Å²) in [6.07, 6.45) is 2.41. The van der Waals surface area contributed by atoms with E-state index in [2.05, 4.69) is 15.9 Å². The molecule has 154 valence electrons. The normalized spacial score (nSPS) is 11.1. The van der Waals surface area contributed by atoms with Crippen molar-refractivity contribution in [3.05, 3.63) is 97.3 Å². The first-order chi connectivity index (χ1) is 14.9. The highest BCUT2D eigenvalue weighted by molar-refractivity contribution is 9.10. The summed E-state index contributed by atoms with van der Waals surface area (Å²) >= 11 is 3.19. The molecule has 0 saturated heterocycles. The quantitative estimate of drug-likeness (QED) is 0.163. The number of nitro groups is 1. The first kappa shape index (κ1) is 20.3. The van der Waals surface area contributed by atoms with Crippen LogP contribution in [0.3, 0.4) is 0 Å². The molecular weight excluding hydrogens is 470 g/mol. The van der Waals surface area contributed by atoms with Gasteiger partial charge in [-0.15, -0.1) is 0 Å². The van der Waals surface area contributed by atoms with Crippen LogP contribution in [0.25, 0.3) is 28.6 Å². The minimum absolute atomic E-state index is 0.0356. The van der Waals surface area contributed by atoms with Crippen molar-refractivity contribution in [2.24, 2.45) is 0 Å². The number of non-ortho nitro benzene ring substituents is 1. The minimum atomic E-state index is -0.860. The van der Waals surface area contributed by atoms with E-state index in [1.165, 1.54) is 24.3 Å². The number of halogens is 1. The number of esters is 1. The van der Waals surface area contributed by atoms with Crippen LogP contribution in [0.15, 0.2) is 85.0 Å². The van der Waals surface area contributed by atoms with E-state index in [1.54, 1.807) is 42.5 Å². The van der Waals surface area contributed by atoms with E-state index in [4.69, 9.17) is 13.6 Å². The zero-order chi connectivity index (χ0) is 22.0. The van der Waals surface area contributed by atoms with E-state index in [0.29, 0.717) is 15.8 Å². The summed E-state index contributed by atoms with van der Waals surface area (Å²) in [4.78, 5) is 35.7. The van der Waals surface area contributed by atoms with Crippen LogP contribution in [0.4, 0.5) is 5.69 Å². The van der Waals surface area contributed by atoms with E-state index < -0.39 is 16.3 Å². The Labute approximate surface area is 182 Å². The second kappa shape index (κ2) is 8.41. The molecule has 4 aromatic rings. The van der Waals surface area contributed by atoms with Crippen LogP contribution in [0.1, 0.15) is 5.56 Å². The third-order valence-corrected chi connectivity index (χ3v) is 4.67. The average molecular weight is 482 g/mol. The molecule has 0 fully saturated rings. The maximum atomic E-state index is 13.0. The molecule has 2 aromatic heterocycles. The Morgan fingerprint density at radius 3 is 2.61 bits per heavy atom. The van der Waals surface area contributed by atoms with Crippen molar-refractivity contribution in [2.75, 3.05) is 0 Å². The van der Waals surface area contributed by atoms with Gasteiger partial charge in [0.2, 0.25) is 16.9 Å². The number of carbonyl (C=O) groups excluding carboxylic acids is 1. The Kier molecular flexibility index (Phi) is 5.50. The number of furan rings is 1. The van der Waals surface area contributed by atoms with Crippen molar-refractivity contribution in [1.29, 1.82) is 0 Å². The van der Waals surface area contributed by atoms with Gasteiger partial charge < -0.3 is 13.6 Å². The lowest BCUT2D eigenvalue weighted by Crippen LogP contribution is -2.14. The number of benzene rings is 2. The smallest absolute Gasteiger partial charge is 0.336 e. The molecule has 0 unspecified atom stereocenters. The molecule has 4 rings (SSSR count). The Hall–Kier alpha value is -3.98. The highest BCUT2D eigenvalue weighted by Gasteiger charge is 2.22. The van der Waals surface area contributed by atoms with Crippen LogP contribution in [0.5, 0.6) is 5.75 Å². The van der Waals surface area contributed by atoms with Crippen molar-refractivity contribution in [1.82, 2.24) is 0 Å². The second-order valence-corrected chi connectivity index (χ2v) is 7.08. The third kappa shape index (κ3) is 4.31. The lowest BCUT2D eigenvalue weighted by atomic mass is 10.2. The summed E-state index contributed by atoms with van der Waals surface area (Å²) in [6, 6.07) is 15.4. The maximum absolute atomic E-state index is 13.0. The number of hydrogen-bond donors (Lipinski definition) is 0. The van der Waals surface area contributed by atoms with Crippen molar-refractivity contribution in [3.8, 4) is 17.3 Å². The SMILES string of the molecule is O=C(/C=C/c1cccc([N+](=O)[O-])c1)Oc1c(-c2ccc(Br)o2)oc2ccccc2c1=O. The van der Waals surface area contributed by atoms with Gasteiger partial charge in [-0.25, -0.2) is 4.79 Å². The minimum Gasteiger partial charge on any atom is -0.449 e. The van der Waals surface area contributed by atoms with Crippen molar-refractivity contribution in [3.63, 3.8) is 0 Å². The predicted octanol–water partition coefficient (Wildman–Crippen LogP) is 5.34. The topological polar surface area (TPSA) is 113 Å². The van der Waals surface area contributed by atoms with Crippen LogP contribution < -0.4 is 10.2 Å². The number of ether oxygens (including phenoxy) is 1. The van der Waals surface area contributed by atoms with Gasteiger partial charge in [0.15, 0.2) is 10.4 Å². The number of nitro benzene ring substituents is 1. The van der Waals surface area contributed by atoms with Gasteiger partial charge in [0.25, 0.3) is 5.69 Å². The summed E-state index contributed by atoms with van der Waals surface area (Å²) in [5.41, 5.74) is 0.0756. The van der Waals surface area contributed by atoms with Gasteiger partial charge in [0.05, 0.1) is 10.3 Å². The third-order valence-electron chi connectivity index (χ3n) is 4.25. The number of fused-ring (bicyclic) bond motifs is 1. The average Bonchev–Trinajstić information content (AvgIpc) is 3.20. The molecule has 0 spiro atoms. The van der Waals surface area contributed by atoms with E-state index in [1.807, 2.05) is 0 Å². The summed E-state index contributed by atoms with van der Waals surface area (Å²) in [7, 11) is 0. The molecule has 0 aliphatic carbocycles. The van der Waals surface area contributed by atoms with Crippen LogP contribution in [0.2, 0.25) is 0 Å². The van der Waals surface area contributed by atoms with Crippen molar-refractivity contribution < 1.29 is 23.3 Å². The molecule has 9 heteroatoms. The first-order valence-corrected chi connectivity index (χ1v) is 9.67. The van der Waals surface area contributed by atoms with Crippen molar-refractivity contribution in [2.45, 2.75) is 0 Å². The summed E-state index contributed by atoms with van der Waals surface area (Å²) in [6.45, 7) is 0. The lowest BCUT2D eigenvalue weighted by molar-refractivity contribution is -0.384. The van der Waals surface area contributed by atoms with Gasteiger partial charge in [-0.3, -0.25) is 14.9 Å². The predicted molar refractivity (Wildman–Crippen MR) is 116 cm³/mol. The number of rotatable bonds is 5. The van der Waals surface area contributed by atoms with Crippen LogP contribution in [-0.2, 0) is 4.79 Å². The molecule has 2 aromatic carbocycles. The summed E-state index contributed by atoms with van der Waals surface area (Å²) < 4.78 is 17.0. The van der Waals surface area contributed by atoms with Gasteiger partial charge in [-0.05, 0) is 51.8 Å². The molecule has 8 nitrogen and oxygen atoms in total.